The van der Waals surface area contributed by atoms with Gasteiger partial charge < -0.3 is 14.7 Å². The predicted molar refractivity (Wildman–Crippen MR) is 119 cm³/mol. The van der Waals surface area contributed by atoms with Gasteiger partial charge in [-0.1, -0.05) is 42.0 Å². The highest BCUT2D eigenvalue weighted by molar-refractivity contribution is 5.67. The highest BCUT2D eigenvalue weighted by Crippen LogP contribution is 2.48. The minimum absolute atomic E-state index is 0.0422. The third-order valence-electron chi connectivity index (χ3n) is 6.26. The fraction of sp³-hybridized carbons (Fsp3) is 0.308. The highest BCUT2D eigenvalue weighted by Gasteiger charge is 2.47. The number of benzene rings is 3. The van der Waals surface area contributed by atoms with Crippen LogP contribution in [0.5, 0.6) is 5.75 Å². The number of hydrogen-bond donors (Lipinski definition) is 1. The van der Waals surface area contributed by atoms with Crippen LogP contribution < -0.4 is 9.64 Å². The quantitative estimate of drug-likeness (QED) is 0.393. The van der Waals surface area contributed by atoms with Crippen LogP contribution in [0.25, 0.3) is 0 Å². The van der Waals surface area contributed by atoms with E-state index in [0.29, 0.717) is 22.4 Å². The molecule has 0 radical (unpaired) electrons. The van der Waals surface area contributed by atoms with Gasteiger partial charge in [0.05, 0.1) is 6.54 Å². The van der Waals surface area contributed by atoms with Crippen molar-refractivity contribution in [3.05, 3.63) is 94.8 Å². The van der Waals surface area contributed by atoms with Gasteiger partial charge in [0.25, 0.3) is 0 Å². The minimum atomic E-state index is -4.90. The average molecular weight is 513 g/mol. The fourth-order valence-electron chi connectivity index (χ4n) is 4.78. The summed E-state index contributed by atoms with van der Waals surface area (Å²) in [5.74, 6) is -1.06. The Morgan fingerprint density at radius 3 is 2.36 bits per heavy atom. The molecule has 0 aliphatic carbocycles. The molecular formula is C26H22F7NO2. The van der Waals surface area contributed by atoms with Crippen LogP contribution in [0, 0.1) is 12.7 Å². The van der Waals surface area contributed by atoms with Crippen molar-refractivity contribution in [2.45, 2.75) is 37.4 Å². The number of β-amino-alcohol motifs (C(OH)–C–C–N with tert-alkyl or cyclic N) is 1. The molecule has 36 heavy (non-hydrogen) atoms. The first kappa shape index (κ1) is 25.8. The third-order valence-corrected chi connectivity index (χ3v) is 6.26. The molecule has 3 aromatic rings. The summed E-state index contributed by atoms with van der Waals surface area (Å²) in [5, 5.41) is 9.78. The van der Waals surface area contributed by atoms with E-state index in [4.69, 9.17) is 0 Å². The second-order valence-electron chi connectivity index (χ2n) is 8.92. The van der Waals surface area contributed by atoms with Gasteiger partial charge in [-0.05, 0) is 60.4 Å². The van der Waals surface area contributed by atoms with Gasteiger partial charge in [-0.2, -0.15) is 13.2 Å². The van der Waals surface area contributed by atoms with Crippen LogP contribution in [0.2, 0.25) is 0 Å². The van der Waals surface area contributed by atoms with Crippen molar-refractivity contribution >= 4 is 5.69 Å². The zero-order chi connectivity index (χ0) is 26.3. The lowest BCUT2D eigenvalue weighted by Gasteiger charge is -2.33. The lowest BCUT2D eigenvalue weighted by molar-refractivity contribution is -0.274. The fourth-order valence-corrected chi connectivity index (χ4v) is 4.78. The first-order valence-electron chi connectivity index (χ1n) is 11.0. The van der Waals surface area contributed by atoms with Gasteiger partial charge in [0.1, 0.15) is 11.6 Å². The smallest absolute Gasteiger partial charge is 0.406 e. The number of fused-ring (bicyclic) bond motifs is 1. The van der Waals surface area contributed by atoms with E-state index in [1.165, 1.54) is 29.2 Å². The summed E-state index contributed by atoms with van der Waals surface area (Å²) in [4.78, 5) is 1.34. The summed E-state index contributed by atoms with van der Waals surface area (Å²) < 4.78 is 96.5. The van der Waals surface area contributed by atoms with Crippen molar-refractivity contribution in [2.75, 3.05) is 18.0 Å². The Morgan fingerprint density at radius 2 is 1.69 bits per heavy atom. The molecule has 4 rings (SSSR count). The van der Waals surface area contributed by atoms with Crippen LogP contribution >= 0.6 is 0 Å². The minimum Gasteiger partial charge on any atom is -0.406 e. The Balaban J connectivity index is 1.84. The number of alkyl halides is 6. The van der Waals surface area contributed by atoms with E-state index < -0.39 is 42.2 Å². The van der Waals surface area contributed by atoms with Crippen molar-refractivity contribution in [3.63, 3.8) is 0 Å². The Labute approximate surface area is 202 Å². The second kappa shape index (κ2) is 9.31. The van der Waals surface area contributed by atoms with Crippen LogP contribution in [0.4, 0.5) is 36.4 Å². The highest BCUT2D eigenvalue weighted by atomic mass is 19.4. The topological polar surface area (TPSA) is 32.7 Å². The van der Waals surface area contributed by atoms with Crippen molar-refractivity contribution in [1.29, 1.82) is 0 Å². The monoisotopic (exact) mass is 513 g/mol. The SMILES string of the molecule is Cc1cccc(C2(Cc3cccc(OC(F)(F)F)c3)CN(C[C@@H](O)C(F)(F)F)c3ccc(F)cc32)c1. The Kier molecular flexibility index (Phi) is 6.68. The summed E-state index contributed by atoms with van der Waals surface area (Å²) in [6.45, 7) is 0.973. The summed E-state index contributed by atoms with van der Waals surface area (Å²) in [6.07, 6.45) is -12.4. The summed E-state index contributed by atoms with van der Waals surface area (Å²) in [5.41, 5.74) is 1.47. The van der Waals surface area contributed by atoms with Crippen molar-refractivity contribution in [1.82, 2.24) is 0 Å². The molecule has 1 aliphatic heterocycles. The van der Waals surface area contributed by atoms with Gasteiger partial charge in [-0.3, -0.25) is 0 Å². The Hall–Kier alpha value is -3.27. The first-order valence-corrected chi connectivity index (χ1v) is 11.0. The Bertz CT molecular complexity index is 1240. The maximum atomic E-state index is 14.5. The van der Waals surface area contributed by atoms with E-state index in [9.17, 15) is 35.8 Å². The molecule has 0 spiro atoms. The third kappa shape index (κ3) is 5.43. The summed E-state index contributed by atoms with van der Waals surface area (Å²) in [6, 6.07) is 16.2. The van der Waals surface area contributed by atoms with Crippen LogP contribution in [-0.2, 0) is 11.8 Å². The molecule has 1 N–H and O–H groups in total. The molecule has 1 unspecified atom stereocenters. The number of aryl methyl sites for hydroxylation is 1. The molecule has 0 amide bonds. The molecule has 1 aliphatic rings. The molecule has 192 valence electrons. The largest absolute Gasteiger partial charge is 0.573 e. The van der Waals surface area contributed by atoms with E-state index >= 15 is 0 Å². The van der Waals surface area contributed by atoms with Crippen LogP contribution in [0.1, 0.15) is 22.3 Å². The number of hydrogen-bond acceptors (Lipinski definition) is 3. The van der Waals surface area contributed by atoms with Gasteiger partial charge in [-0.15, -0.1) is 13.2 Å². The number of ether oxygens (including phenoxy) is 1. The number of aliphatic hydroxyl groups is 1. The number of anilines is 1. The maximum absolute atomic E-state index is 14.5. The zero-order valence-electron chi connectivity index (χ0n) is 19.0. The molecule has 2 atom stereocenters. The molecule has 0 bridgehead atoms. The van der Waals surface area contributed by atoms with Gasteiger partial charge in [-0.25, -0.2) is 4.39 Å². The lowest BCUT2D eigenvalue weighted by Crippen LogP contribution is -2.44. The van der Waals surface area contributed by atoms with Crippen LogP contribution in [-0.4, -0.2) is 36.8 Å². The van der Waals surface area contributed by atoms with E-state index in [1.807, 2.05) is 19.1 Å². The molecule has 1 heterocycles. The standard InChI is InChI=1S/C26H22F7NO2/c1-16-4-2-6-18(10-16)24(13-17-5-3-7-20(11-17)36-26(31,32)33)15-34(14-23(35)25(28,29)30)22-9-8-19(27)12-21(22)24/h2-12,23,35H,13-15H2,1H3/t23-,24?/m1/s1. The maximum Gasteiger partial charge on any atom is 0.573 e. The van der Waals surface area contributed by atoms with Crippen molar-refractivity contribution < 1.29 is 40.6 Å². The molecular weight excluding hydrogens is 491 g/mol. The molecule has 3 aromatic carbocycles. The van der Waals surface area contributed by atoms with E-state index in [-0.39, 0.29) is 13.0 Å². The van der Waals surface area contributed by atoms with E-state index in [1.54, 1.807) is 18.2 Å². The summed E-state index contributed by atoms with van der Waals surface area (Å²) >= 11 is 0. The summed E-state index contributed by atoms with van der Waals surface area (Å²) in [7, 11) is 0. The van der Waals surface area contributed by atoms with Gasteiger partial charge in [0.15, 0.2) is 6.10 Å². The van der Waals surface area contributed by atoms with Gasteiger partial charge >= 0.3 is 12.5 Å². The van der Waals surface area contributed by atoms with E-state index in [0.717, 1.165) is 17.7 Å². The molecule has 0 saturated heterocycles. The molecule has 0 fully saturated rings. The molecule has 10 heteroatoms. The number of aliphatic hydroxyl groups excluding tert-OH is 1. The number of rotatable bonds is 6. The van der Waals surface area contributed by atoms with Gasteiger partial charge in [0.2, 0.25) is 0 Å². The molecule has 0 saturated carbocycles. The molecule has 0 aromatic heterocycles. The van der Waals surface area contributed by atoms with Crippen molar-refractivity contribution in [2.24, 2.45) is 0 Å². The van der Waals surface area contributed by atoms with Crippen molar-refractivity contribution in [3.8, 4) is 5.75 Å². The molecule has 3 nitrogen and oxygen atoms in total. The Morgan fingerprint density at radius 1 is 0.972 bits per heavy atom. The predicted octanol–water partition coefficient (Wildman–Crippen LogP) is 6.30. The van der Waals surface area contributed by atoms with E-state index in [2.05, 4.69) is 4.74 Å². The van der Waals surface area contributed by atoms with Gasteiger partial charge in [0, 0.05) is 17.6 Å². The number of nitrogens with zero attached hydrogens (tertiary/aromatic N) is 1. The second-order valence-corrected chi connectivity index (χ2v) is 8.92. The normalized spacial score (nSPS) is 18.8. The zero-order valence-corrected chi connectivity index (χ0v) is 19.0. The first-order chi connectivity index (χ1) is 16.8. The lowest BCUT2D eigenvalue weighted by atomic mass is 9.71. The van der Waals surface area contributed by atoms with Crippen LogP contribution in [0.15, 0.2) is 66.7 Å². The van der Waals surface area contributed by atoms with Crippen LogP contribution in [0.3, 0.4) is 0 Å². The average Bonchev–Trinajstić information content (AvgIpc) is 3.05. The number of halogens is 7.